The molecule has 74 valence electrons. The summed E-state index contributed by atoms with van der Waals surface area (Å²) in [6.45, 7) is 10.2. The number of nitrogens with one attached hydrogen (secondary N) is 1. The van der Waals surface area contributed by atoms with Crippen LogP contribution in [-0.2, 0) is 4.79 Å². The highest BCUT2D eigenvalue weighted by Gasteiger charge is 2.19. The summed E-state index contributed by atoms with van der Waals surface area (Å²) in [6.07, 6.45) is 0. The maximum atomic E-state index is 11.3. The Morgan fingerprint density at radius 2 is 1.92 bits per heavy atom. The van der Waals surface area contributed by atoms with Gasteiger partial charge in [0.25, 0.3) is 0 Å². The summed E-state index contributed by atoms with van der Waals surface area (Å²) in [4.78, 5) is 11.3. The van der Waals surface area contributed by atoms with Crippen molar-refractivity contribution in [2.24, 2.45) is 11.3 Å². The summed E-state index contributed by atoms with van der Waals surface area (Å²) in [5.41, 5.74) is -0.320. The highest BCUT2D eigenvalue weighted by Crippen LogP contribution is 2.11. The molecule has 0 rings (SSSR count). The van der Waals surface area contributed by atoms with Gasteiger partial charge in [-0.2, -0.15) is 0 Å². The van der Waals surface area contributed by atoms with E-state index in [1.165, 1.54) is 0 Å². The molecule has 0 aromatic rings. The summed E-state index contributed by atoms with van der Waals surface area (Å²) >= 11 is 0. The molecular formula is C11H19NO. The normalized spacial score (nSPS) is 10.6. The van der Waals surface area contributed by atoms with Gasteiger partial charge in [0.2, 0.25) is 5.91 Å². The monoisotopic (exact) mass is 181 g/mol. The smallest absolute Gasteiger partial charge is 0.226 e. The van der Waals surface area contributed by atoms with Crippen molar-refractivity contribution in [2.75, 3.05) is 6.54 Å². The van der Waals surface area contributed by atoms with Crippen LogP contribution >= 0.6 is 0 Å². The zero-order chi connectivity index (χ0) is 10.5. The summed E-state index contributed by atoms with van der Waals surface area (Å²) in [5.74, 6) is 6.31. The topological polar surface area (TPSA) is 29.1 Å². The standard InChI is InChI=1S/C11H19NO/c1-9(2)7-6-8-12-10(13)11(3,4)5/h9H,8H2,1-5H3,(H,12,13). The van der Waals surface area contributed by atoms with E-state index in [0.717, 1.165) is 0 Å². The molecule has 0 aliphatic carbocycles. The van der Waals surface area contributed by atoms with Crippen molar-refractivity contribution < 1.29 is 4.79 Å². The molecule has 2 heteroatoms. The van der Waals surface area contributed by atoms with Crippen molar-refractivity contribution in [3.63, 3.8) is 0 Å². The molecule has 0 aromatic carbocycles. The van der Waals surface area contributed by atoms with Gasteiger partial charge in [0.15, 0.2) is 0 Å². The van der Waals surface area contributed by atoms with Gasteiger partial charge in [0, 0.05) is 11.3 Å². The lowest BCUT2D eigenvalue weighted by molar-refractivity contribution is -0.128. The van der Waals surface area contributed by atoms with E-state index >= 15 is 0 Å². The Hall–Kier alpha value is -0.970. The Kier molecular flexibility index (Phi) is 4.55. The van der Waals surface area contributed by atoms with Crippen LogP contribution < -0.4 is 5.32 Å². The zero-order valence-corrected chi connectivity index (χ0v) is 9.19. The van der Waals surface area contributed by atoms with Crippen molar-refractivity contribution in [1.82, 2.24) is 5.32 Å². The van der Waals surface area contributed by atoms with Crippen LogP contribution in [-0.4, -0.2) is 12.5 Å². The average molecular weight is 181 g/mol. The van der Waals surface area contributed by atoms with Crippen LogP contribution in [0.2, 0.25) is 0 Å². The van der Waals surface area contributed by atoms with Gasteiger partial charge in [-0.05, 0) is 0 Å². The molecule has 0 radical (unpaired) electrons. The van der Waals surface area contributed by atoms with Crippen molar-refractivity contribution >= 4 is 5.91 Å². The summed E-state index contributed by atoms with van der Waals surface area (Å²) in [6, 6.07) is 0. The van der Waals surface area contributed by atoms with Crippen LogP contribution in [0.3, 0.4) is 0 Å². The van der Waals surface area contributed by atoms with E-state index in [2.05, 4.69) is 17.2 Å². The molecule has 0 unspecified atom stereocenters. The first-order chi connectivity index (χ1) is 5.84. The summed E-state index contributed by atoms with van der Waals surface area (Å²) in [7, 11) is 0. The van der Waals surface area contributed by atoms with Crippen molar-refractivity contribution in [3.8, 4) is 11.8 Å². The van der Waals surface area contributed by atoms with Gasteiger partial charge in [-0.15, -0.1) is 0 Å². The van der Waals surface area contributed by atoms with E-state index in [4.69, 9.17) is 0 Å². The fourth-order valence-electron chi connectivity index (χ4n) is 0.645. The molecule has 0 saturated heterocycles. The van der Waals surface area contributed by atoms with Gasteiger partial charge < -0.3 is 5.32 Å². The summed E-state index contributed by atoms with van der Waals surface area (Å²) < 4.78 is 0. The molecule has 1 amide bonds. The number of carbonyl (C=O) groups excluding carboxylic acids is 1. The van der Waals surface area contributed by atoms with Crippen molar-refractivity contribution in [3.05, 3.63) is 0 Å². The molecule has 0 bridgehead atoms. The third-order valence-electron chi connectivity index (χ3n) is 1.41. The maximum absolute atomic E-state index is 11.3. The fourth-order valence-corrected chi connectivity index (χ4v) is 0.645. The number of amides is 1. The Morgan fingerprint density at radius 3 is 2.31 bits per heavy atom. The Labute approximate surface area is 81.1 Å². The second kappa shape index (κ2) is 4.91. The Bertz CT molecular complexity index is 225. The van der Waals surface area contributed by atoms with Gasteiger partial charge in [-0.25, -0.2) is 0 Å². The predicted molar refractivity (Wildman–Crippen MR) is 55.1 cm³/mol. The van der Waals surface area contributed by atoms with E-state index in [9.17, 15) is 4.79 Å². The second-order valence-corrected chi connectivity index (χ2v) is 4.41. The number of hydrogen-bond donors (Lipinski definition) is 1. The molecule has 1 N–H and O–H groups in total. The molecular weight excluding hydrogens is 162 g/mol. The molecule has 0 aliphatic rings. The Balaban J connectivity index is 3.81. The van der Waals surface area contributed by atoms with Crippen LogP contribution in [0.15, 0.2) is 0 Å². The third kappa shape index (κ3) is 6.21. The van der Waals surface area contributed by atoms with Crippen LogP contribution in [0.4, 0.5) is 0 Å². The highest BCUT2D eigenvalue weighted by molar-refractivity contribution is 5.81. The quantitative estimate of drug-likeness (QED) is 0.614. The van der Waals surface area contributed by atoms with Gasteiger partial charge in [0.1, 0.15) is 0 Å². The van der Waals surface area contributed by atoms with Crippen LogP contribution in [0.25, 0.3) is 0 Å². The van der Waals surface area contributed by atoms with Crippen molar-refractivity contribution in [1.29, 1.82) is 0 Å². The van der Waals surface area contributed by atoms with Crippen LogP contribution in [0, 0.1) is 23.2 Å². The molecule has 0 aromatic heterocycles. The molecule has 2 nitrogen and oxygen atoms in total. The maximum Gasteiger partial charge on any atom is 0.226 e. The number of hydrogen-bond acceptors (Lipinski definition) is 1. The zero-order valence-electron chi connectivity index (χ0n) is 9.19. The molecule has 0 spiro atoms. The molecule has 0 saturated carbocycles. The fraction of sp³-hybridized carbons (Fsp3) is 0.727. The minimum atomic E-state index is -0.320. The van der Waals surface area contributed by atoms with E-state index in [1.807, 2.05) is 34.6 Å². The number of carbonyl (C=O) groups is 1. The van der Waals surface area contributed by atoms with Gasteiger partial charge in [-0.1, -0.05) is 46.5 Å². The molecule has 0 aliphatic heterocycles. The van der Waals surface area contributed by atoms with Gasteiger partial charge >= 0.3 is 0 Å². The van der Waals surface area contributed by atoms with E-state index in [0.29, 0.717) is 12.5 Å². The number of rotatable bonds is 1. The average Bonchev–Trinajstić information content (AvgIpc) is 1.95. The first kappa shape index (κ1) is 12.0. The Morgan fingerprint density at radius 1 is 1.38 bits per heavy atom. The van der Waals surface area contributed by atoms with Crippen molar-refractivity contribution in [2.45, 2.75) is 34.6 Å². The SMILES string of the molecule is CC(C)C#CCNC(=O)C(C)(C)C. The predicted octanol–water partition coefficient (Wildman–Crippen LogP) is 1.81. The van der Waals surface area contributed by atoms with Crippen LogP contribution in [0.5, 0.6) is 0 Å². The summed E-state index contributed by atoms with van der Waals surface area (Å²) in [5, 5.41) is 2.77. The lowest BCUT2D eigenvalue weighted by atomic mass is 9.96. The third-order valence-corrected chi connectivity index (χ3v) is 1.41. The first-order valence-electron chi connectivity index (χ1n) is 4.60. The minimum absolute atomic E-state index is 0.0468. The first-order valence-corrected chi connectivity index (χ1v) is 4.60. The van der Waals surface area contributed by atoms with E-state index in [1.54, 1.807) is 0 Å². The van der Waals surface area contributed by atoms with Gasteiger partial charge in [-0.3, -0.25) is 4.79 Å². The van der Waals surface area contributed by atoms with Crippen LogP contribution in [0.1, 0.15) is 34.6 Å². The molecule has 13 heavy (non-hydrogen) atoms. The largest absolute Gasteiger partial charge is 0.345 e. The van der Waals surface area contributed by atoms with E-state index in [-0.39, 0.29) is 11.3 Å². The lowest BCUT2D eigenvalue weighted by Crippen LogP contribution is -2.34. The molecule has 0 heterocycles. The molecule has 0 fully saturated rings. The lowest BCUT2D eigenvalue weighted by Gasteiger charge is -2.16. The van der Waals surface area contributed by atoms with E-state index < -0.39 is 0 Å². The molecule has 0 atom stereocenters. The second-order valence-electron chi connectivity index (χ2n) is 4.41. The highest BCUT2D eigenvalue weighted by atomic mass is 16.2. The minimum Gasteiger partial charge on any atom is -0.345 e. The van der Waals surface area contributed by atoms with Gasteiger partial charge in [0.05, 0.1) is 6.54 Å².